The van der Waals surface area contributed by atoms with E-state index in [1.807, 2.05) is 0 Å². The average Bonchev–Trinajstić information content (AvgIpc) is 3.19. The van der Waals surface area contributed by atoms with Crippen LogP contribution >= 0.6 is 11.6 Å². The lowest BCUT2D eigenvalue weighted by atomic mass is 9.94. The van der Waals surface area contributed by atoms with E-state index in [4.69, 9.17) is 16.4 Å². The summed E-state index contributed by atoms with van der Waals surface area (Å²) in [5, 5.41) is 7.98. The summed E-state index contributed by atoms with van der Waals surface area (Å²) in [6.07, 6.45) is 0.681. The van der Waals surface area contributed by atoms with Crippen molar-refractivity contribution in [2.75, 3.05) is 4.90 Å². The van der Waals surface area contributed by atoms with Crippen molar-refractivity contribution in [2.45, 2.75) is 13.0 Å². The van der Waals surface area contributed by atoms with Crippen molar-refractivity contribution < 1.29 is 18.8 Å². The van der Waals surface area contributed by atoms with Gasteiger partial charge in [-0.25, -0.2) is 9.29 Å². The molecule has 2 aliphatic heterocycles. The first-order valence-electron chi connectivity index (χ1n) is 7.45. The Balaban J connectivity index is 1.73. The molecule has 9 heteroatoms. The van der Waals surface area contributed by atoms with Crippen LogP contribution in [0.4, 0.5) is 10.1 Å². The van der Waals surface area contributed by atoms with Crippen molar-refractivity contribution in [1.29, 1.82) is 0 Å². The Bertz CT molecular complexity index is 955. The number of imide groups is 1. The van der Waals surface area contributed by atoms with Crippen LogP contribution in [0, 0.1) is 18.7 Å². The number of carbonyl (C=O) groups is 2. The lowest BCUT2D eigenvalue weighted by molar-refractivity contribution is -0.126. The smallest absolute Gasteiger partial charge is 0.278 e. The van der Waals surface area contributed by atoms with Gasteiger partial charge in [0.15, 0.2) is 0 Å². The van der Waals surface area contributed by atoms with Gasteiger partial charge in [0.2, 0.25) is 12.0 Å². The van der Waals surface area contributed by atoms with Crippen molar-refractivity contribution >= 4 is 34.8 Å². The fraction of sp³-hybridized carbons (Fsp3) is 0.250. The maximum absolute atomic E-state index is 13.4. The van der Waals surface area contributed by atoms with Gasteiger partial charge in [0.05, 0.1) is 16.4 Å². The molecular weight excluding hydrogens is 351 g/mol. The number of oxime groups is 1. The number of aryl methyl sites for hydroxylation is 2. The van der Waals surface area contributed by atoms with Crippen LogP contribution in [-0.4, -0.2) is 33.4 Å². The van der Waals surface area contributed by atoms with E-state index in [2.05, 4.69) is 10.3 Å². The highest BCUT2D eigenvalue weighted by molar-refractivity contribution is 6.34. The number of hydrogen-bond donors (Lipinski definition) is 0. The minimum atomic E-state index is -1.04. The van der Waals surface area contributed by atoms with Crippen molar-refractivity contribution in [3.05, 3.63) is 46.5 Å². The first kappa shape index (κ1) is 15.8. The molecule has 128 valence electrons. The first-order valence-corrected chi connectivity index (χ1v) is 7.83. The van der Waals surface area contributed by atoms with Crippen LogP contribution in [0.1, 0.15) is 11.3 Å². The van der Waals surface area contributed by atoms with Crippen molar-refractivity contribution in [2.24, 2.45) is 18.1 Å². The quantitative estimate of drug-likeness (QED) is 0.763. The lowest BCUT2D eigenvalue weighted by Crippen LogP contribution is -2.33. The molecule has 7 nitrogen and oxygen atoms in total. The SMILES string of the molecule is Cc1nn(C)cc1C1=NO[C@H]2C(=O)N(c3ccc(F)c(Cl)c3)C(=O)[C@H]12. The van der Waals surface area contributed by atoms with Gasteiger partial charge in [-0.05, 0) is 25.1 Å². The second kappa shape index (κ2) is 5.38. The van der Waals surface area contributed by atoms with E-state index in [1.54, 1.807) is 24.9 Å². The van der Waals surface area contributed by atoms with Gasteiger partial charge in [-0.1, -0.05) is 16.8 Å². The zero-order valence-corrected chi connectivity index (χ0v) is 14.0. The van der Waals surface area contributed by atoms with Crippen molar-refractivity contribution in [3.8, 4) is 0 Å². The standard InChI is InChI=1S/C16H12ClFN4O3/c1-7-9(6-21(2)19-7)13-12-14(25-20-13)16(24)22(15(12)23)8-3-4-11(18)10(17)5-8/h3-6,12,14H,1-2H3/t12-,14-/m1/s1. The molecular formula is C16H12ClFN4O3. The van der Waals surface area contributed by atoms with Crippen LogP contribution in [0.15, 0.2) is 29.6 Å². The number of carbonyl (C=O) groups excluding carboxylic acids is 2. The molecule has 1 aromatic heterocycles. The molecule has 1 fully saturated rings. The van der Waals surface area contributed by atoms with Gasteiger partial charge >= 0.3 is 0 Å². The number of aromatic nitrogens is 2. The molecule has 0 unspecified atom stereocenters. The highest BCUT2D eigenvalue weighted by atomic mass is 35.5. The third-order valence-electron chi connectivity index (χ3n) is 4.26. The summed E-state index contributed by atoms with van der Waals surface area (Å²) in [6.45, 7) is 1.78. The minimum Gasteiger partial charge on any atom is -0.381 e. The second-order valence-corrected chi connectivity index (χ2v) is 6.30. The number of amides is 2. The van der Waals surface area contributed by atoms with Crippen LogP contribution in [0.5, 0.6) is 0 Å². The summed E-state index contributed by atoms with van der Waals surface area (Å²) < 4.78 is 15.0. The third-order valence-corrected chi connectivity index (χ3v) is 4.55. The molecule has 1 saturated heterocycles. The second-order valence-electron chi connectivity index (χ2n) is 5.89. The number of rotatable bonds is 2. The molecule has 0 N–H and O–H groups in total. The zero-order valence-electron chi connectivity index (χ0n) is 13.2. The summed E-state index contributed by atoms with van der Waals surface area (Å²) in [6, 6.07) is 3.66. The zero-order chi connectivity index (χ0) is 17.9. The first-order chi connectivity index (χ1) is 11.9. The highest BCUT2D eigenvalue weighted by Gasteiger charge is 2.56. The molecule has 25 heavy (non-hydrogen) atoms. The third kappa shape index (κ3) is 2.25. The van der Waals surface area contributed by atoms with Crippen LogP contribution < -0.4 is 4.90 Å². The van der Waals surface area contributed by atoms with Crippen LogP contribution in [0.3, 0.4) is 0 Å². The molecule has 0 radical (unpaired) electrons. The number of fused-ring (bicyclic) bond motifs is 1. The summed E-state index contributed by atoms with van der Waals surface area (Å²) in [5.41, 5.74) is 1.88. The predicted molar refractivity (Wildman–Crippen MR) is 86.7 cm³/mol. The van der Waals surface area contributed by atoms with Gasteiger partial charge in [0, 0.05) is 18.8 Å². The van der Waals surface area contributed by atoms with Crippen molar-refractivity contribution in [3.63, 3.8) is 0 Å². The Morgan fingerprint density at radius 2 is 2.04 bits per heavy atom. The van der Waals surface area contributed by atoms with Gasteiger partial charge in [0.1, 0.15) is 17.4 Å². The Kier molecular flexibility index (Phi) is 3.40. The van der Waals surface area contributed by atoms with Crippen LogP contribution in [0.25, 0.3) is 0 Å². The van der Waals surface area contributed by atoms with Gasteiger partial charge in [-0.2, -0.15) is 5.10 Å². The maximum Gasteiger partial charge on any atom is 0.278 e. The molecule has 2 atom stereocenters. The van der Waals surface area contributed by atoms with Crippen LogP contribution in [-0.2, 0) is 21.5 Å². The lowest BCUT2D eigenvalue weighted by Gasteiger charge is -2.15. The van der Waals surface area contributed by atoms with E-state index in [9.17, 15) is 14.0 Å². The molecule has 3 heterocycles. The summed E-state index contributed by atoms with van der Waals surface area (Å²) >= 11 is 5.77. The topological polar surface area (TPSA) is 76.8 Å². The van der Waals surface area contributed by atoms with E-state index < -0.39 is 29.7 Å². The van der Waals surface area contributed by atoms with Crippen LogP contribution in [0.2, 0.25) is 5.02 Å². The van der Waals surface area contributed by atoms with Gasteiger partial charge < -0.3 is 4.84 Å². The Morgan fingerprint density at radius 1 is 1.28 bits per heavy atom. The Morgan fingerprint density at radius 3 is 2.68 bits per heavy atom. The Hall–Kier alpha value is -2.74. The van der Waals surface area contributed by atoms with Gasteiger partial charge in [-0.3, -0.25) is 14.3 Å². The summed E-state index contributed by atoms with van der Waals surface area (Å²) in [7, 11) is 1.75. The minimum absolute atomic E-state index is 0.173. The summed E-state index contributed by atoms with van der Waals surface area (Å²) in [4.78, 5) is 31.7. The molecule has 1 aromatic carbocycles. The average molecular weight is 363 g/mol. The number of halogens is 2. The fourth-order valence-electron chi connectivity index (χ4n) is 3.13. The van der Waals surface area contributed by atoms with E-state index in [0.717, 1.165) is 11.0 Å². The largest absolute Gasteiger partial charge is 0.381 e. The van der Waals surface area contributed by atoms with E-state index in [0.29, 0.717) is 17.0 Å². The normalized spacial score (nSPS) is 22.2. The number of hydrogen-bond acceptors (Lipinski definition) is 5. The molecule has 4 rings (SSSR count). The molecule has 2 amide bonds. The molecule has 2 aromatic rings. The van der Waals surface area contributed by atoms with Crippen molar-refractivity contribution in [1.82, 2.24) is 9.78 Å². The van der Waals surface area contributed by atoms with E-state index in [1.165, 1.54) is 12.1 Å². The number of benzene rings is 1. The number of nitrogens with zero attached hydrogens (tertiary/aromatic N) is 4. The fourth-order valence-corrected chi connectivity index (χ4v) is 3.30. The summed E-state index contributed by atoms with van der Waals surface area (Å²) in [5.74, 6) is -2.54. The number of anilines is 1. The molecule has 0 spiro atoms. The molecule has 2 aliphatic rings. The molecule has 0 saturated carbocycles. The monoisotopic (exact) mass is 362 g/mol. The predicted octanol–water partition coefficient (Wildman–Crippen LogP) is 1.81. The molecule has 0 bridgehead atoms. The molecule has 0 aliphatic carbocycles. The highest BCUT2D eigenvalue weighted by Crippen LogP contribution is 2.36. The maximum atomic E-state index is 13.4. The van der Waals surface area contributed by atoms with E-state index in [-0.39, 0.29) is 10.7 Å². The van der Waals surface area contributed by atoms with Gasteiger partial charge in [-0.15, -0.1) is 0 Å². The van der Waals surface area contributed by atoms with E-state index >= 15 is 0 Å². The van der Waals surface area contributed by atoms with Gasteiger partial charge in [0.25, 0.3) is 5.91 Å². The Labute approximate surface area is 146 Å².